The van der Waals surface area contributed by atoms with Gasteiger partial charge >= 0.3 is 0 Å². The van der Waals surface area contributed by atoms with Crippen molar-refractivity contribution in [2.24, 2.45) is 5.73 Å². The van der Waals surface area contributed by atoms with Gasteiger partial charge in [-0.15, -0.1) is 0 Å². The molecule has 0 radical (unpaired) electrons. The fourth-order valence-electron chi connectivity index (χ4n) is 3.60. The fourth-order valence-corrected chi connectivity index (χ4v) is 4.61. The summed E-state index contributed by atoms with van der Waals surface area (Å²) in [6, 6.07) is 0.632. The van der Waals surface area contributed by atoms with E-state index in [1.807, 2.05) is 7.11 Å². The normalized spacial score (nSPS) is 40.4. The maximum absolute atomic E-state index is 6.17. The molecular weight excluding hydrogens is 232 g/mol. The highest BCUT2D eigenvalue weighted by Gasteiger charge is 2.46. The molecule has 1 heterocycles. The Balaban J connectivity index is 2.20. The molecule has 1 saturated heterocycles. The Morgan fingerprint density at radius 3 is 2.94 bits per heavy atom. The van der Waals surface area contributed by atoms with Gasteiger partial charge in [0.15, 0.2) is 0 Å². The van der Waals surface area contributed by atoms with Gasteiger partial charge in [0.1, 0.15) is 0 Å². The Morgan fingerprint density at radius 2 is 2.29 bits per heavy atom. The number of hydrogen-bond donors (Lipinski definition) is 1. The number of nitrogens with two attached hydrogens (primary N) is 1. The molecule has 2 rings (SSSR count). The van der Waals surface area contributed by atoms with E-state index in [9.17, 15) is 0 Å². The molecule has 2 fully saturated rings. The average Bonchev–Trinajstić information content (AvgIpc) is 2.39. The minimum atomic E-state index is 0.105. The topological polar surface area (TPSA) is 38.5 Å². The van der Waals surface area contributed by atoms with Crippen molar-refractivity contribution in [3.63, 3.8) is 0 Å². The SMILES string of the molecule is COC1CCCCC1(CN)N1CCSCC1C. The molecule has 0 aromatic carbocycles. The predicted molar refractivity (Wildman–Crippen MR) is 74.5 cm³/mol. The van der Waals surface area contributed by atoms with Crippen molar-refractivity contribution in [2.45, 2.75) is 50.3 Å². The molecule has 0 amide bonds. The molecule has 0 bridgehead atoms. The van der Waals surface area contributed by atoms with Crippen molar-refractivity contribution >= 4 is 11.8 Å². The molecule has 3 atom stereocenters. The van der Waals surface area contributed by atoms with Gasteiger partial charge in [-0.3, -0.25) is 4.90 Å². The van der Waals surface area contributed by atoms with E-state index in [-0.39, 0.29) is 5.54 Å². The molecular formula is C13H26N2OS. The Bertz CT molecular complexity index is 252. The van der Waals surface area contributed by atoms with Crippen molar-refractivity contribution < 1.29 is 4.74 Å². The molecule has 2 aliphatic rings. The minimum absolute atomic E-state index is 0.105. The summed E-state index contributed by atoms with van der Waals surface area (Å²) in [6.07, 6.45) is 5.29. The van der Waals surface area contributed by atoms with Gasteiger partial charge in [-0.1, -0.05) is 12.8 Å². The summed E-state index contributed by atoms with van der Waals surface area (Å²) >= 11 is 2.07. The van der Waals surface area contributed by atoms with E-state index in [0.29, 0.717) is 12.1 Å². The summed E-state index contributed by atoms with van der Waals surface area (Å²) in [5.74, 6) is 2.47. The number of hydrogen-bond acceptors (Lipinski definition) is 4. The fraction of sp³-hybridized carbons (Fsp3) is 1.00. The third-order valence-electron chi connectivity index (χ3n) is 4.50. The number of nitrogens with zero attached hydrogens (tertiary/aromatic N) is 1. The predicted octanol–water partition coefficient (Wildman–Crippen LogP) is 1.71. The van der Waals surface area contributed by atoms with Crippen molar-refractivity contribution in [1.29, 1.82) is 0 Å². The largest absolute Gasteiger partial charge is 0.379 e. The van der Waals surface area contributed by atoms with Crippen LogP contribution < -0.4 is 5.73 Å². The van der Waals surface area contributed by atoms with Crippen LogP contribution in [0.3, 0.4) is 0 Å². The summed E-state index contributed by atoms with van der Waals surface area (Å²) in [6.45, 7) is 4.24. The second kappa shape index (κ2) is 5.91. The zero-order valence-corrected chi connectivity index (χ0v) is 12.0. The van der Waals surface area contributed by atoms with E-state index in [0.717, 1.165) is 6.54 Å². The quantitative estimate of drug-likeness (QED) is 0.836. The smallest absolute Gasteiger partial charge is 0.0767 e. The first-order valence-corrected chi connectivity index (χ1v) is 7.97. The lowest BCUT2D eigenvalue weighted by atomic mass is 9.77. The van der Waals surface area contributed by atoms with E-state index in [4.69, 9.17) is 10.5 Å². The van der Waals surface area contributed by atoms with E-state index in [2.05, 4.69) is 23.6 Å². The van der Waals surface area contributed by atoms with Gasteiger partial charge in [0, 0.05) is 37.7 Å². The molecule has 17 heavy (non-hydrogen) atoms. The van der Waals surface area contributed by atoms with Gasteiger partial charge < -0.3 is 10.5 Å². The molecule has 0 spiro atoms. The monoisotopic (exact) mass is 258 g/mol. The van der Waals surface area contributed by atoms with Crippen LogP contribution in [0.15, 0.2) is 0 Å². The Kier molecular flexibility index (Phi) is 4.75. The molecule has 100 valence electrons. The maximum Gasteiger partial charge on any atom is 0.0767 e. The highest BCUT2D eigenvalue weighted by atomic mass is 32.2. The highest BCUT2D eigenvalue weighted by molar-refractivity contribution is 7.99. The van der Waals surface area contributed by atoms with Gasteiger partial charge in [-0.2, -0.15) is 11.8 Å². The zero-order valence-electron chi connectivity index (χ0n) is 11.2. The molecule has 1 saturated carbocycles. The number of rotatable bonds is 3. The summed E-state index contributed by atoms with van der Waals surface area (Å²) in [7, 11) is 1.85. The second-order valence-electron chi connectivity index (χ2n) is 5.40. The standard InChI is InChI=1S/C13H26N2OS/c1-11-9-17-8-7-15(11)13(10-14)6-4-3-5-12(13)16-2/h11-12H,3-10,14H2,1-2H3. The third-order valence-corrected chi connectivity index (χ3v) is 5.69. The molecule has 2 N–H and O–H groups in total. The highest BCUT2D eigenvalue weighted by Crippen LogP contribution is 2.38. The lowest BCUT2D eigenvalue weighted by Crippen LogP contribution is -2.66. The van der Waals surface area contributed by atoms with E-state index >= 15 is 0 Å². The first kappa shape index (κ1) is 13.7. The Labute approximate surface area is 109 Å². The first-order valence-electron chi connectivity index (χ1n) is 6.82. The molecule has 0 aromatic rings. The summed E-state index contributed by atoms with van der Waals surface area (Å²) in [4.78, 5) is 2.65. The molecule has 3 unspecified atom stereocenters. The summed E-state index contributed by atoms with van der Waals surface area (Å²) in [5.41, 5.74) is 6.27. The van der Waals surface area contributed by atoms with Crippen LogP contribution in [0, 0.1) is 0 Å². The van der Waals surface area contributed by atoms with Crippen LogP contribution in [-0.2, 0) is 4.74 Å². The lowest BCUT2D eigenvalue weighted by Gasteiger charge is -2.53. The van der Waals surface area contributed by atoms with Crippen molar-refractivity contribution in [1.82, 2.24) is 4.90 Å². The lowest BCUT2D eigenvalue weighted by molar-refractivity contribution is -0.0851. The first-order chi connectivity index (χ1) is 8.24. The molecule has 1 aliphatic heterocycles. The number of ether oxygens (including phenoxy) is 1. The molecule has 3 nitrogen and oxygen atoms in total. The van der Waals surface area contributed by atoms with Gasteiger partial charge in [0.25, 0.3) is 0 Å². The van der Waals surface area contributed by atoms with Crippen molar-refractivity contribution in [3.8, 4) is 0 Å². The van der Waals surface area contributed by atoms with E-state index in [1.54, 1.807) is 0 Å². The minimum Gasteiger partial charge on any atom is -0.379 e. The van der Waals surface area contributed by atoms with Crippen LogP contribution in [0.25, 0.3) is 0 Å². The Morgan fingerprint density at radius 1 is 1.47 bits per heavy atom. The molecule has 1 aliphatic carbocycles. The van der Waals surface area contributed by atoms with Crippen LogP contribution in [0.1, 0.15) is 32.6 Å². The Hall–Kier alpha value is 0.230. The van der Waals surface area contributed by atoms with Gasteiger partial charge in [0.05, 0.1) is 11.6 Å². The van der Waals surface area contributed by atoms with Crippen LogP contribution in [0.2, 0.25) is 0 Å². The van der Waals surface area contributed by atoms with Crippen molar-refractivity contribution in [2.75, 3.05) is 31.7 Å². The maximum atomic E-state index is 6.17. The van der Waals surface area contributed by atoms with Crippen LogP contribution in [0.4, 0.5) is 0 Å². The van der Waals surface area contributed by atoms with Crippen molar-refractivity contribution in [3.05, 3.63) is 0 Å². The van der Waals surface area contributed by atoms with Gasteiger partial charge in [-0.05, 0) is 19.8 Å². The van der Waals surface area contributed by atoms with E-state index < -0.39 is 0 Å². The van der Waals surface area contributed by atoms with Crippen LogP contribution in [0.5, 0.6) is 0 Å². The van der Waals surface area contributed by atoms with E-state index in [1.165, 1.54) is 43.7 Å². The number of methoxy groups -OCH3 is 1. The van der Waals surface area contributed by atoms with Gasteiger partial charge in [-0.25, -0.2) is 0 Å². The third kappa shape index (κ3) is 2.50. The van der Waals surface area contributed by atoms with Crippen LogP contribution in [-0.4, -0.2) is 54.3 Å². The number of thioether (sulfide) groups is 1. The summed E-state index contributed by atoms with van der Waals surface area (Å²) in [5, 5.41) is 0. The average molecular weight is 258 g/mol. The van der Waals surface area contributed by atoms with Gasteiger partial charge in [0.2, 0.25) is 0 Å². The zero-order chi connectivity index (χ0) is 12.3. The van der Waals surface area contributed by atoms with Crippen LogP contribution >= 0.6 is 11.8 Å². The summed E-state index contributed by atoms with van der Waals surface area (Å²) < 4.78 is 5.77. The molecule has 0 aromatic heterocycles. The molecule has 4 heteroatoms. The second-order valence-corrected chi connectivity index (χ2v) is 6.54.